The lowest BCUT2D eigenvalue weighted by atomic mass is 10.2. The lowest BCUT2D eigenvalue weighted by molar-refractivity contribution is -0.157. The third kappa shape index (κ3) is 4.70. The van der Waals surface area contributed by atoms with Crippen LogP contribution in [-0.2, 0) is 14.3 Å². The molecule has 23 heavy (non-hydrogen) atoms. The normalized spacial score (nSPS) is 15.0. The molecule has 7 nitrogen and oxygen atoms in total. The van der Waals surface area contributed by atoms with Crippen molar-refractivity contribution >= 4 is 17.9 Å². The van der Waals surface area contributed by atoms with Crippen molar-refractivity contribution in [3.8, 4) is 5.75 Å². The molecule has 2 rings (SSSR count). The van der Waals surface area contributed by atoms with Crippen LogP contribution in [0.5, 0.6) is 5.75 Å². The third-order valence-corrected chi connectivity index (χ3v) is 3.37. The summed E-state index contributed by atoms with van der Waals surface area (Å²) in [7, 11) is 0. The second kappa shape index (κ2) is 7.62. The van der Waals surface area contributed by atoms with E-state index in [-0.39, 0.29) is 19.6 Å². The number of esters is 1. The summed E-state index contributed by atoms with van der Waals surface area (Å²) in [5.74, 6) is -0.397. The summed E-state index contributed by atoms with van der Waals surface area (Å²) in [6.07, 6.45) is -0.969. The van der Waals surface area contributed by atoms with E-state index in [9.17, 15) is 14.4 Å². The lowest BCUT2D eigenvalue weighted by Crippen LogP contribution is -2.41. The summed E-state index contributed by atoms with van der Waals surface area (Å²) < 4.78 is 10.5. The maximum Gasteiger partial charge on any atom is 0.324 e. The van der Waals surface area contributed by atoms with Gasteiger partial charge >= 0.3 is 12.0 Å². The van der Waals surface area contributed by atoms with E-state index in [0.29, 0.717) is 12.3 Å². The summed E-state index contributed by atoms with van der Waals surface area (Å²) in [4.78, 5) is 36.1. The molecule has 124 valence electrons. The number of urea groups is 1. The minimum absolute atomic E-state index is 0.0255. The Balaban J connectivity index is 1.72. The molecule has 0 spiro atoms. The molecule has 0 radical (unpaired) electrons. The molecule has 1 aliphatic heterocycles. The Morgan fingerprint density at radius 1 is 1.30 bits per heavy atom. The quantitative estimate of drug-likeness (QED) is 0.797. The number of nitrogens with one attached hydrogen (secondary N) is 1. The highest BCUT2D eigenvalue weighted by Crippen LogP contribution is 2.12. The van der Waals surface area contributed by atoms with Gasteiger partial charge < -0.3 is 14.8 Å². The summed E-state index contributed by atoms with van der Waals surface area (Å²) in [6, 6.07) is 7.00. The van der Waals surface area contributed by atoms with Crippen molar-refractivity contribution in [3.05, 3.63) is 29.8 Å². The second-order valence-electron chi connectivity index (χ2n) is 5.27. The number of rotatable bonds is 6. The van der Waals surface area contributed by atoms with Gasteiger partial charge in [-0.05, 0) is 26.0 Å². The molecule has 3 amide bonds. The standard InChI is InChI=1S/C16H20N2O5/c1-11-3-5-13(6-4-11)22-10-7-14(19)23-12(2)15(20)18-9-8-17-16(18)21/h3-6,12H,7-10H2,1-2H3,(H,17,21)/t12-/m0/s1. The van der Waals surface area contributed by atoms with Crippen LogP contribution in [0.4, 0.5) is 4.79 Å². The molecule has 1 saturated heterocycles. The molecular formula is C16H20N2O5. The number of carbonyl (C=O) groups is 3. The molecule has 1 heterocycles. The van der Waals surface area contributed by atoms with Gasteiger partial charge in [-0.25, -0.2) is 4.79 Å². The molecule has 7 heteroatoms. The van der Waals surface area contributed by atoms with E-state index < -0.39 is 24.0 Å². The molecular weight excluding hydrogens is 300 g/mol. The first-order chi connectivity index (χ1) is 11.0. The van der Waals surface area contributed by atoms with Gasteiger partial charge in [-0.15, -0.1) is 0 Å². The predicted molar refractivity (Wildman–Crippen MR) is 82.0 cm³/mol. The molecule has 0 aliphatic carbocycles. The molecule has 0 unspecified atom stereocenters. The molecule has 1 aliphatic rings. The first-order valence-electron chi connectivity index (χ1n) is 7.45. The molecule has 1 atom stereocenters. The minimum Gasteiger partial charge on any atom is -0.493 e. The van der Waals surface area contributed by atoms with Crippen molar-refractivity contribution < 1.29 is 23.9 Å². The number of aryl methyl sites for hydroxylation is 1. The highest BCUT2D eigenvalue weighted by Gasteiger charge is 2.31. The smallest absolute Gasteiger partial charge is 0.324 e. The highest BCUT2D eigenvalue weighted by atomic mass is 16.6. The summed E-state index contributed by atoms with van der Waals surface area (Å²) in [6.45, 7) is 4.28. The van der Waals surface area contributed by atoms with Crippen LogP contribution in [0.1, 0.15) is 18.9 Å². The molecule has 1 fully saturated rings. The van der Waals surface area contributed by atoms with Crippen molar-refractivity contribution in [1.29, 1.82) is 0 Å². The SMILES string of the molecule is Cc1ccc(OCCC(=O)O[C@@H](C)C(=O)N2CCNC2=O)cc1. The second-order valence-corrected chi connectivity index (χ2v) is 5.27. The fourth-order valence-electron chi connectivity index (χ4n) is 2.09. The summed E-state index contributed by atoms with van der Waals surface area (Å²) in [5.41, 5.74) is 1.12. The van der Waals surface area contributed by atoms with E-state index in [0.717, 1.165) is 10.5 Å². The summed E-state index contributed by atoms with van der Waals surface area (Å²) in [5, 5.41) is 2.52. The Morgan fingerprint density at radius 3 is 2.61 bits per heavy atom. The van der Waals surface area contributed by atoms with Crippen molar-refractivity contribution in [1.82, 2.24) is 10.2 Å². The molecule has 1 aromatic rings. The summed E-state index contributed by atoms with van der Waals surface area (Å²) >= 11 is 0. The molecule has 1 N–H and O–H groups in total. The number of carbonyl (C=O) groups excluding carboxylic acids is 3. The van der Waals surface area contributed by atoms with Crippen molar-refractivity contribution in [3.63, 3.8) is 0 Å². The van der Waals surface area contributed by atoms with Crippen LogP contribution in [0.25, 0.3) is 0 Å². The van der Waals surface area contributed by atoms with E-state index in [4.69, 9.17) is 9.47 Å². The number of amides is 3. The van der Waals surface area contributed by atoms with Gasteiger partial charge in [0.15, 0.2) is 6.10 Å². The zero-order valence-electron chi connectivity index (χ0n) is 13.2. The number of ether oxygens (including phenoxy) is 2. The largest absolute Gasteiger partial charge is 0.493 e. The van der Waals surface area contributed by atoms with Gasteiger partial charge in [0, 0.05) is 13.1 Å². The van der Waals surface area contributed by atoms with Crippen molar-refractivity contribution in [2.45, 2.75) is 26.4 Å². The lowest BCUT2D eigenvalue weighted by Gasteiger charge is -2.18. The average molecular weight is 320 g/mol. The average Bonchev–Trinajstić information content (AvgIpc) is 2.94. The van der Waals surface area contributed by atoms with Crippen LogP contribution >= 0.6 is 0 Å². The molecule has 0 aromatic heterocycles. The van der Waals surface area contributed by atoms with Gasteiger partial charge in [-0.3, -0.25) is 14.5 Å². The Kier molecular flexibility index (Phi) is 5.56. The first-order valence-corrected chi connectivity index (χ1v) is 7.45. The first kappa shape index (κ1) is 16.8. The Bertz CT molecular complexity index is 585. The van der Waals surface area contributed by atoms with Gasteiger partial charge in [-0.1, -0.05) is 17.7 Å². The van der Waals surface area contributed by atoms with Crippen molar-refractivity contribution in [2.75, 3.05) is 19.7 Å². The zero-order valence-corrected chi connectivity index (χ0v) is 13.2. The highest BCUT2D eigenvalue weighted by molar-refractivity contribution is 5.98. The predicted octanol–water partition coefficient (Wildman–Crippen LogP) is 1.25. The van der Waals surface area contributed by atoms with Crippen LogP contribution in [0, 0.1) is 6.92 Å². The van der Waals surface area contributed by atoms with Gasteiger partial charge in [0.25, 0.3) is 5.91 Å². The van der Waals surface area contributed by atoms with Crippen LogP contribution in [0.15, 0.2) is 24.3 Å². The number of hydrogen-bond acceptors (Lipinski definition) is 5. The van der Waals surface area contributed by atoms with E-state index >= 15 is 0 Å². The fraction of sp³-hybridized carbons (Fsp3) is 0.438. The van der Waals surface area contributed by atoms with Crippen LogP contribution in [0.2, 0.25) is 0 Å². The van der Waals surface area contributed by atoms with Crippen LogP contribution in [0.3, 0.4) is 0 Å². The zero-order chi connectivity index (χ0) is 16.8. The van der Waals surface area contributed by atoms with Crippen LogP contribution < -0.4 is 10.1 Å². The van der Waals surface area contributed by atoms with E-state index in [1.807, 2.05) is 31.2 Å². The van der Waals surface area contributed by atoms with Gasteiger partial charge in [0.05, 0.1) is 13.0 Å². The van der Waals surface area contributed by atoms with E-state index in [1.165, 1.54) is 6.92 Å². The Hall–Kier alpha value is -2.57. The third-order valence-electron chi connectivity index (χ3n) is 3.37. The Labute approximate surface area is 134 Å². The number of benzene rings is 1. The van der Waals surface area contributed by atoms with Crippen LogP contribution in [-0.4, -0.2) is 48.6 Å². The topological polar surface area (TPSA) is 84.9 Å². The van der Waals surface area contributed by atoms with Crippen molar-refractivity contribution in [2.24, 2.45) is 0 Å². The fourth-order valence-corrected chi connectivity index (χ4v) is 2.09. The number of nitrogens with zero attached hydrogens (tertiary/aromatic N) is 1. The number of hydrogen-bond donors (Lipinski definition) is 1. The maximum atomic E-state index is 12.0. The van der Waals surface area contributed by atoms with Gasteiger partial charge in [0.1, 0.15) is 5.75 Å². The maximum absolute atomic E-state index is 12.0. The van der Waals surface area contributed by atoms with Gasteiger partial charge in [0.2, 0.25) is 0 Å². The minimum atomic E-state index is -0.995. The molecule has 0 saturated carbocycles. The van der Waals surface area contributed by atoms with E-state index in [2.05, 4.69) is 5.32 Å². The molecule has 0 bridgehead atoms. The number of imide groups is 1. The Morgan fingerprint density at radius 2 is 2.00 bits per heavy atom. The molecule has 1 aromatic carbocycles. The van der Waals surface area contributed by atoms with Gasteiger partial charge in [-0.2, -0.15) is 0 Å². The monoisotopic (exact) mass is 320 g/mol. The van der Waals surface area contributed by atoms with E-state index in [1.54, 1.807) is 0 Å².